The van der Waals surface area contributed by atoms with Gasteiger partial charge in [0.25, 0.3) is 5.91 Å². The van der Waals surface area contributed by atoms with Gasteiger partial charge in [0.05, 0.1) is 23.4 Å². The first-order valence-corrected chi connectivity index (χ1v) is 8.18. The molecule has 1 saturated carbocycles. The highest BCUT2D eigenvalue weighted by Gasteiger charge is 2.29. The Kier molecular flexibility index (Phi) is 3.38. The minimum atomic E-state index is -0.197. The summed E-state index contributed by atoms with van der Waals surface area (Å²) in [5.74, 6) is 0.518. The molecule has 2 fully saturated rings. The van der Waals surface area contributed by atoms with Gasteiger partial charge in [-0.3, -0.25) is 10.1 Å². The van der Waals surface area contributed by atoms with Crippen molar-refractivity contribution < 1.29 is 9.53 Å². The highest BCUT2D eigenvalue weighted by atomic mass is 32.1. The lowest BCUT2D eigenvalue weighted by molar-refractivity contribution is 0.102. The summed E-state index contributed by atoms with van der Waals surface area (Å²) in [6.45, 7) is 3.31. The summed E-state index contributed by atoms with van der Waals surface area (Å²) >= 11 is 1.44. The number of aryl methyl sites for hydroxylation is 1. The Balaban J connectivity index is 1.53. The van der Waals surface area contributed by atoms with Crippen LogP contribution in [0.4, 0.5) is 5.95 Å². The van der Waals surface area contributed by atoms with Crippen LogP contribution in [0.5, 0.6) is 0 Å². The molecule has 9 heteroatoms. The molecule has 2 aliphatic rings. The van der Waals surface area contributed by atoms with Crippen LogP contribution in [-0.4, -0.2) is 44.3 Å². The number of rotatable bonds is 4. The van der Waals surface area contributed by atoms with Gasteiger partial charge in [-0.2, -0.15) is 0 Å². The Morgan fingerprint density at radius 2 is 2.27 bits per heavy atom. The van der Waals surface area contributed by atoms with E-state index in [9.17, 15) is 4.79 Å². The van der Waals surface area contributed by atoms with Gasteiger partial charge in [0.1, 0.15) is 4.88 Å². The Labute approximate surface area is 130 Å². The van der Waals surface area contributed by atoms with Crippen molar-refractivity contribution in [3.63, 3.8) is 0 Å². The van der Waals surface area contributed by atoms with Crippen LogP contribution in [0.2, 0.25) is 0 Å². The first-order chi connectivity index (χ1) is 10.7. The maximum Gasteiger partial charge on any atom is 0.270 e. The largest absolute Gasteiger partial charge is 0.381 e. The molecule has 2 aromatic rings. The van der Waals surface area contributed by atoms with E-state index in [4.69, 9.17) is 4.74 Å². The summed E-state index contributed by atoms with van der Waals surface area (Å²) in [5.41, 5.74) is 0.745. The first-order valence-electron chi connectivity index (χ1n) is 7.36. The number of hydrogen-bond acceptors (Lipinski definition) is 7. The lowest BCUT2D eigenvalue weighted by Gasteiger charge is -2.03. The van der Waals surface area contributed by atoms with E-state index >= 15 is 0 Å². The highest BCUT2D eigenvalue weighted by molar-refractivity contribution is 7.14. The summed E-state index contributed by atoms with van der Waals surface area (Å²) in [6, 6.07) is 0.319. The number of anilines is 1. The summed E-state index contributed by atoms with van der Waals surface area (Å²) in [5, 5.41) is 15.2. The molecular weight excluding hydrogens is 304 g/mol. The van der Waals surface area contributed by atoms with Gasteiger partial charge in [-0.25, -0.2) is 9.67 Å². The van der Waals surface area contributed by atoms with Crippen molar-refractivity contribution in [2.45, 2.75) is 38.1 Å². The zero-order valence-electron chi connectivity index (χ0n) is 12.2. The molecule has 3 heterocycles. The average molecular weight is 320 g/mol. The molecule has 22 heavy (non-hydrogen) atoms. The maximum atomic E-state index is 12.5. The van der Waals surface area contributed by atoms with Crippen molar-refractivity contribution in [3.05, 3.63) is 15.6 Å². The van der Waals surface area contributed by atoms with Crippen LogP contribution in [0, 0.1) is 6.92 Å². The first kappa shape index (κ1) is 13.8. The van der Waals surface area contributed by atoms with E-state index in [-0.39, 0.29) is 5.91 Å². The summed E-state index contributed by atoms with van der Waals surface area (Å²) in [6.07, 6.45) is 3.08. The zero-order chi connectivity index (χ0) is 15.1. The smallest absolute Gasteiger partial charge is 0.270 e. The van der Waals surface area contributed by atoms with E-state index in [1.54, 1.807) is 4.68 Å². The second-order valence-electron chi connectivity index (χ2n) is 5.66. The molecule has 1 aliphatic carbocycles. The lowest BCUT2D eigenvalue weighted by atomic mass is 10.1. The van der Waals surface area contributed by atoms with E-state index in [0.29, 0.717) is 29.4 Å². The third-order valence-electron chi connectivity index (χ3n) is 3.91. The third kappa shape index (κ3) is 2.50. The summed E-state index contributed by atoms with van der Waals surface area (Å²) in [7, 11) is 0. The predicted molar refractivity (Wildman–Crippen MR) is 79.1 cm³/mol. The van der Waals surface area contributed by atoms with Crippen LogP contribution in [-0.2, 0) is 4.74 Å². The standard InChI is InChI=1S/C13H16N6O2S/c1-7-10(22-12(14-7)8-4-5-21-6-8)11(20)15-13-16-17-18-19(13)9-2-3-9/h8-9H,2-6H2,1H3,(H,15,16,18,20). The number of aromatic nitrogens is 5. The molecule has 1 saturated heterocycles. The molecule has 116 valence electrons. The van der Waals surface area contributed by atoms with Gasteiger partial charge in [-0.1, -0.05) is 5.10 Å². The number of carbonyl (C=O) groups excluding carboxylic acids is 1. The van der Waals surface area contributed by atoms with Crippen LogP contribution in [0.25, 0.3) is 0 Å². The SMILES string of the molecule is Cc1nc(C2CCOC2)sc1C(=O)Nc1nnnn1C1CC1. The lowest BCUT2D eigenvalue weighted by Crippen LogP contribution is -2.16. The third-order valence-corrected chi connectivity index (χ3v) is 5.23. The molecule has 2 aromatic heterocycles. The van der Waals surface area contributed by atoms with Gasteiger partial charge >= 0.3 is 0 Å². The highest BCUT2D eigenvalue weighted by Crippen LogP contribution is 2.36. The Morgan fingerprint density at radius 3 is 3.00 bits per heavy atom. The molecule has 8 nitrogen and oxygen atoms in total. The van der Waals surface area contributed by atoms with Crippen molar-refractivity contribution in [1.82, 2.24) is 25.2 Å². The number of hydrogen-bond donors (Lipinski definition) is 1. The number of nitrogens with one attached hydrogen (secondary N) is 1. The monoisotopic (exact) mass is 320 g/mol. The van der Waals surface area contributed by atoms with E-state index in [1.165, 1.54) is 11.3 Å². The van der Waals surface area contributed by atoms with Crippen molar-refractivity contribution in [2.24, 2.45) is 0 Å². The van der Waals surface area contributed by atoms with E-state index in [1.807, 2.05) is 6.92 Å². The molecule has 0 aromatic carbocycles. The molecule has 0 bridgehead atoms. The number of carbonyl (C=O) groups is 1. The second kappa shape index (κ2) is 5.40. The quantitative estimate of drug-likeness (QED) is 0.918. The minimum absolute atomic E-state index is 0.197. The van der Waals surface area contributed by atoms with Gasteiger partial charge in [-0.15, -0.1) is 11.3 Å². The van der Waals surface area contributed by atoms with Crippen molar-refractivity contribution in [1.29, 1.82) is 0 Å². The van der Waals surface area contributed by atoms with Crippen LogP contribution in [0.15, 0.2) is 0 Å². The van der Waals surface area contributed by atoms with Crippen molar-refractivity contribution in [2.75, 3.05) is 18.5 Å². The van der Waals surface area contributed by atoms with Gasteiger partial charge in [0, 0.05) is 12.5 Å². The normalized spacial score (nSPS) is 21.2. The van der Waals surface area contributed by atoms with E-state index in [0.717, 1.165) is 36.6 Å². The van der Waals surface area contributed by atoms with Crippen molar-refractivity contribution >= 4 is 23.2 Å². The number of thiazole rings is 1. The molecule has 1 aliphatic heterocycles. The molecule has 1 atom stereocenters. The van der Waals surface area contributed by atoms with Gasteiger partial charge in [0.2, 0.25) is 5.95 Å². The molecule has 1 unspecified atom stereocenters. The average Bonchev–Trinajstić information content (AvgIpc) is 2.95. The van der Waals surface area contributed by atoms with Crippen molar-refractivity contribution in [3.8, 4) is 0 Å². The summed E-state index contributed by atoms with van der Waals surface area (Å²) in [4.78, 5) is 17.6. The molecule has 4 rings (SSSR count). The topological polar surface area (TPSA) is 94.8 Å². The zero-order valence-corrected chi connectivity index (χ0v) is 13.0. The Hall–Kier alpha value is -1.87. The van der Waals surface area contributed by atoms with Gasteiger partial charge in [0.15, 0.2) is 0 Å². The Morgan fingerprint density at radius 1 is 1.41 bits per heavy atom. The molecule has 0 spiro atoms. The molecule has 1 amide bonds. The van der Waals surface area contributed by atoms with Crippen LogP contribution < -0.4 is 5.32 Å². The Bertz CT molecular complexity index is 701. The number of nitrogens with zero attached hydrogens (tertiary/aromatic N) is 5. The minimum Gasteiger partial charge on any atom is -0.381 e. The maximum absolute atomic E-state index is 12.5. The predicted octanol–water partition coefficient (Wildman–Crippen LogP) is 1.53. The van der Waals surface area contributed by atoms with Gasteiger partial charge < -0.3 is 4.74 Å². The second-order valence-corrected chi connectivity index (χ2v) is 6.69. The van der Waals surface area contributed by atoms with E-state index < -0.39 is 0 Å². The number of amides is 1. The van der Waals surface area contributed by atoms with Crippen LogP contribution in [0.3, 0.4) is 0 Å². The molecular formula is C13H16N6O2S. The van der Waals surface area contributed by atoms with E-state index in [2.05, 4.69) is 25.8 Å². The fourth-order valence-electron chi connectivity index (χ4n) is 2.53. The fraction of sp³-hybridized carbons (Fsp3) is 0.615. The summed E-state index contributed by atoms with van der Waals surface area (Å²) < 4.78 is 7.07. The number of ether oxygens (including phenoxy) is 1. The van der Waals surface area contributed by atoms with Crippen LogP contribution >= 0.6 is 11.3 Å². The van der Waals surface area contributed by atoms with Crippen LogP contribution in [0.1, 0.15) is 51.6 Å². The number of tetrazole rings is 1. The molecule has 1 N–H and O–H groups in total. The molecule has 0 radical (unpaired) electrons. The van der Waals surface area contributed by atoms with Gasteiger partial charge in [-0.05, 0) is 36.6 Å². The fourth-order valence-corrected chi connectivity index (χ4v) is 3.61.